The summed E-state index contributed by atoms with van der Waals surface area (Å²) in [6, 6.07) is 10.1. The molecule has 1 unspecified atom stereocenters. The number of nitrogens with zero attached hydrogens (tertiary/aromatic N) is 3. The molecule has 0 saturated carbocycles. The summed E-state index contributed by atoms with van der Waals surface area (Å²) in [5.41, 5.74) is 0.620. The minimum Gasteiger partial charge on any atom is -0.369 e. The summed E-state index contributed by atoms with van der Waals surface area (Å²) in [7, 11) is 0. The van der Waals surface area contributed by atoms with Gasteiger partial charge in [0.25, 0.3) is 0 Å². The van der Waals surface area contributed by atoms with Crippen LogP contribution in [0.4, 0.5) is 5.82 Å². The van der Waals surface area contributed by atoms with Gasteiger partial charge in [-0.25, -0.2) is 4.98 Å². The Kier molecular flexibility index (Phi) is 5.04. The first-order chi connectivity index (χ1) is 10.8. The van der Waals surface area contributed by atoms with Gasteiger partial charge in [0.05, 0.1) is 5.56 Å². The van der Waals surface area contributed by atoms with Crippen molar-refractivity contribution in [1.82, 2.24) is 9.88 Å². The zero-order valence-electron chi connectivity index (χ0n) is 12.5. The first-order valence-corrected chi connectivity index (χ1v) is 8.57. The smallest absolute Gasteiger partial charge is 0.143 e. The van der Waals surface area contributed by atoms with Crippen LogP contribution in [0.15, 0.2) is 35.8 Å². The second-order valence-electron chi connectivity index (χ2n) is 5.68. The Balaban J connectivity index is 1.44. The number of nitriles is 1. The molecule has 0 amide bonds. The quantitative estimate of drug-likeness (QED) is 0.891. The van der Waals surface area contributed by atoms with Gasteiger partial charge in [-0.15, -0.1) is 11.3 Å². The molecule has 1 atom stereocenters. The maximum absolute atomic E-state index is 9.08. The van der Waals surface area contributed by atoms with E-state index in [1.807, 2.05) is 11.3 Å². The summed E-state index contributed by atoms with van der Waals surface area (Å²) in [5, 5.41) is 14.6. The number of likely N-dealkylation sites (tertiary alicyclic amines) is 1. The second kappa shape index (κ2) is 7.39. The molecule has 0 spiro atoms. The van der Waals surface area contributed by atoms with Crippen LogP contribution in [0.25, 0.3) is 0 Å². The lowest BCUT2D eigenvalue weighted by Crippen LogP contribution is -2.25. The van der Waals surface area contributed by atoms with E-state index in [2.05, 4.69) is 38.8 Å². The van der Waals surface area contributed by atoms with Crippen LogP contribution in [0.5, 0.6) is 0 Å². The number of aromatic nitrogens is 1. The monoisotopic (exact) mass is 312 g/mol. The molecule has 1 saturated heterocycles. The Morgan fingerprint density at radius 2 is 2.36 bits per heavy atom. The predicted molar refractivity (Wildman–Crippen MR) is 90.0 cm³/mol. The number of rotatable bonds is 6. The van der Waals surface area contributed by atoms with E-state index in [1.54, 1.807) is 18.3 Å². The molecule has 3 heterocycles. The van der Waals surface area contributed by atoms with Crippen LogP contribution < -0.4 is 5.32 Å². The van der Waals surface area contributed by atoms with E-state index in [-0.39, 0.29) is 0 Å². The number of anilines is 1. The lowest BCUT2D eigenvalue weighted by Gasteiger charge is -2.16. The summed E-state index contributed by atoms with van der Waals surface area (Å²) < 4.78 is 0. The van der Waals surface area contributed by atoms with Crippen molar-refractivity contribution in [2.45, 2.75) is 12.8 Å². The maximum Gasteiger partial charge on any atom is 0.143 e. The van der Waals surface area contributed by atoms with Crippen molar-refractivity contribution >= 4 is 17.2 Å². The van der Waals surface area contributed by atoms with E-state index in [1.165, 1.54) is 17.8 Å². The molecular weight excluding hydrogens is 292 g/mol. The van der Waals surface area contributed by atoms with Gasteiger partial charge in [-0.2, -0.15) is 5.26 Å². The third-order valence-corrected chi connectivity index (χ3v) is 5.05. The van der Waals surface area contributed by atoms with Crippen molar-refractivity contribution in [1.29, 1.82) is 5.26 Å². The van der Waals surface area contributed by atoms with Gasteiger partial charge in [0.2, 0.25) is 0 Å². The number of thiophene rings is 1. The van der Waals surface area contributed by atoms with Crippen molar-refractivity contribution in [3.63, 3.8) is 0 Å². The fourth-order valence-corrected chi connectivity index (χ4v) is 3.58. The fraction of sp³-hybridized carbons (Fsp3) is 0.412. The molecule has 1 fully saturated rings. The Morgan fingerprint density at radius 3 is 3.18 bits per heavy atom. The van der Waals surface area contributed by atoms with E-state index in [0.717, 1.165) is 26.1 Å². The Labute approximate surface area is 135 Å². The maximum atomic E-state index is 9.08. The zero-order valence-corrected chi connectivity index (χ0v) is 13.4. The van der Waals surface area contributed by atoms with E-state index < -0.39 is 0 Å². The van der Waals surface area contributed by atoms with Gasteiger partial charge in [0.15, 0.2) is 0 Å². The van der Waals surface area contributed by atoms with Crippen LogP contribution in [-0.4, -0.2) is 36.1 Å². The molecule has 0 aromatic carbocycles. The number of hydrogen-bond donors (Lipinski definition) is 1. The molecule has 5 heteroatoms. The topological polar surface area (TPSA) is 52.0 Å². The van der Waals surface area contributed by atoms with Gasteiger partial charge in [-0.3, -0.25) is 0 Å². The first kappa shape index (κ1) is 15.0. The van der Waals surface area contributed by atoms with E-state index >= 15 is 0 Å². The van der Waals surface area contributed by atoms with Crippen molar-refractivity contribution in [3.05, 3.63) is 46.3 Å². The highest BCUT2D eigenvalue weighted by Crippen LogP contribution is 2.19. The van der Waals surface area contributed by atoms with Crippen molar-refractivity contribution in [2.75, 3.05) is 31.5 Å². The average Bonchev–Trinajstić information content (AvgIpc) is 3.22. The molecule has 2 aromatic heterocycles. The molecule has 0 bridgehead atoms. The van der Waals surface area contributed by atoms with Gasteiger partial charge in [-0.1, -0.05) is 6.07 Å². The lowest BCUT2D eigenvalue weighted by molar-refractivity contribution is 0.331. The normalized spacial score (nSPS) is 18.2. The summed E-state index contributed by atoms with van der Waals surface area (Å²) in [6.45, 7) is 4.34. The van der Waals surface area contributed by atoms with Crippen LogP contribution >= 0.6 is 11.3 Å². The Hall–Kier alpha value is -1.90. The Bertz CT molecular complexity index is 632. The SMILES string of the molecule is N#Cc1cccnc1NCC1CCN(CCc2cccs2)C1. The summed E-state index contributed by atoms with van der Waals surface area (Å²) >= 11 is 1.84. The Morgan fingerprint density at radius 1 is 1.41 bits per heavy atom. The van der Waals surface area contributed by atoms with Gasteiger partial charge >= 0.3 is 0 Å². The highest BCUT2D eigenvalue weighted by Gasteiger charge is 2.22. The summed E-state index contributed by atoms with van der Waals surface area (Å²) in [6.07, 6.45) is 4.09. The van der Waals surface area contributed by atoms with Gasteiger partial charge in [0, 0.05) is 30.7 Å². The van der Waals surface area contributed by atoms with Crippen molar-refractivity contribution < 1.29 is 0 Å². The minimum atomic E-state index is 0.620. The third-order valence-electron chi connectivity index (χ3n) is 4.11. The highest BCUT2D eigenvalue weighted by atomic mass is 32.1. The standard InChI is InChI=1S/C17H20N4S/c18-11-15-3-1-7-19-17(15)20-12-14-5-8-21(13-14)9-6-16-4-2-10-22-16/h1-4,7,10,14H,5-6,8-9,12-13H2,(H,19,20). The van der Waals surface area contributed by atoms with Gasteiger partial charge in [0.1, 0.15) is 11.9 Å². The highest BCUT2D eigenvalue weighted by molar-refractivity contribution is 7.09. The molecule has 3 rings (SSSR count). The first-order valence-electron chi connectivity index (χ1n) is 7.69. The number of hydrogen-bond acceptors (Lipinski definition) is 5. The van der Waals surface area contributed by atoms with Crippen LogP contribution in [0.1, 0.15) is 16.9 Å². The molecule has 0 radical (unpaired) electrons. The number of nitrogens with one attached hydrogen (secondary N) is 1. The van der Waals surface area contributed by atoms with Crippen LogP contribution in [0.3, 0.4) is 0 Å². The molecule has 2 aromatic rings. The molecule has 1 N–H and O–H groups in total. The summed E-state index contributed by atoms with van der Waals surface area (Å²) in [4.78, 5) is 8.26. The van der Waals surface area contributed by atoms with Crippen molar-refractivity contribution in [3.8, 4) is 6.07 Å². The molecule has 1 aliphatic heterocycles. The van der Waals surface area contributed by atoms with Crippen LogP contribution in [0, 0.1) is 17.2 Å². The molecule has 22 heavy (non-hydrogen) atoms. The van der Waals surface area contributed by atoms with E-state index in [4.69, 9.17) is 5.26 Å². The summed E-state index contributed by atoms with van der Waals surface area (Å²) in [5.74, 6) is 1.35. The minimum absolute atomic E-state index is 0.620. The second-order valence-corrected chi connectivity index (χ2v) is 6.71. The van der Waals surface area contributed by atoms with Crippen molar-refractivity contribution in [2.24, 2.45) is 5.92 Å². The molecule has 1 aliphatic rings. The van der Waals surface area contributed by atoms with Crippen LogP contribution in [0.2, 0.25) is 0 Å². The average molecular weight is 312 g/mol. The van der Waals surface area contributed by atoms with Crippen LogP contribution in [-0.2, 0) is 6.42 Å². The van der Waals surface area contributed by atoms with E-state index in [0.29, 0.717) is 17.3 Å². The molecule has 4 nitrogen and oxygen atoms in total. The van der Waals surface area contributed by atoms with E-state index in [9.17, 15) is 0 Å². The largest absolute Gasteiger partial charge is 0.369 e. The third kappa shape index (κ3) is 3.85. The molecular formula is C17H20N4S. The zero-order chi connectivity index (χ0) is 15.2. The van der Waals surface area contributed by atoms with Gasteiger partial charge in [-0.05, 0) is 48.9 Å². The molecule has 114 valence electrons. The molecule has 0 aliphatic carbocycles. The lowest BCUT2D eigenvalue weighted by atomic mass is 10.1. The number of pyridine rings is 1. The fourth-order valence-electron chi connectivity index (χ4n) is 2.88. The predicted octanol–water partition coefficient (Wildman–Crippen LogP) is 2.99. The van der Waals surface area contributed by atoms with Gasteiger partial charge < -0.3 is 10.2 Å².